The second kappa shape index (κ2) is 10.5. The number of rotatable bonds is 6. The number of aliphatic imine (C=N–C) groups is 1. The lowest BCUT2D eigenvalue weighted by atomic mass is 10.0. The van der Waals surface area contributed by atoms with Crippen LogP contribution >= 0.6 is 0 Å². The number of nitrogens with one attached hydrogen (secondary N) is 2. The smallest absolute Gasteiger partial charge is 0.408 e. The van der Waals surface area contributed by atoms with E-state index in [1.165, 1.54) is 5.56 Å². The molecule has 0 bridgehead atoms. The minimum absolute atomic E-state index is 0.281. The molecule has 2 heterocycles. The lowest BCUT2D eigenvalue weighted by Crippen LogP contribution is -2.41. The number of carbonyl (C=O) groups is 1. The number of amides is 1. The van der Waals surface area contributed by atoms with Crippen molar-refractivity contribution in [1.29, 1.82) is 0 Å². The summed E-state index contributed by atoms with van der Waals surface area (Å²) in [4.78, 5) is 19.6. The van der Waals surface area contributed by atoms with Gasteiger partial charge in [-0.15, -0.1) is 0 Å². The molecule has 1 aromatic heterocycles. The number of aromatic nitrogens is 2. The molecule has 0 radical (unpaired) electrons. The van der Waals surface area contributed by atoms with Gasteiger partial charge in [0.25, 0.3) is 0 Å². The summed E-state index contributed by atoms with van der Waals surface area (Å²) in [6, 6.07) is 9.61. The highest BCUT2D eigenvalue weighted by molar-refractivity contribution is 5.80. The van der Waals surface area contributed by atoms with E-state index in [0.717, 1.165) is 37.6 Å². The monoisotopic (exact) mass is 440 g/mol. The first kappa shape index (κ1) is 23.6. The molecule has 8 nitrogen and oxygen atoms in total. The van der Waals surface area contributed by atoms with Crippen molar-refractivity contribution >= 4 is 12.1 Å². The molecular formula is C24H36N6O2. The first-order valence-electron chi connectivity index (χ1n) is 11.3. The highest BCUT2D eigenvalue weighted by Gasteiger charge is 2.27. The van der Waals surface area contributed by atoms with Crippen LogP contribution in [0.15, 0.2) is 47.7 Å². The maximum absolute atomic E-state index is 12.5. The summed E-state index contributed by atoms with van der Waals surface area (Å²) in [7, 11) is 1.95. The molecule has 0 spiro atoms. The second-order valence-corrected chi connectivity index (χ2v) is 9.18. The van der Waals surface area contributed by atoms with Gasteiger partial charge in [0.2, 0.25) is 0 Å². The molecule has 0 saturated carbocycles. The van der Waals surface area contributed by atoms with Crippen LogP contribution in [0.1, 0.15) is 57.2 Å². The van der Waals surface area contributed by atoms with E-state index in [1.54, 1.807) is 0 Å². The molecule has 2 unspecified atom stereocenters. The van der Waals surface area contributed by atoms with Crippen molar-refractivity contribution < 1.29 is 9.53 Å². The molecule has 1 aliphatic heterocycles. The third kappa shape index (κ3) is 6.73. The maximum atomic E-state index is 12.5. The minimum atomic E-state index is -0.555. The van der Waals surface area contributed by atoms with Crippen molar-refractivity contribution in [2.45, 2.75) is 51.7 Å². The summed E-state index contributed by atoms with van der Waals surface area (Å²) in [5, 5.41) is 10.7. The molecule has 1 amide bonds. The Morgan fingerprint density at radius 2 is 2.06 bits per heavy atom. The fourth-order valence-corrected chi connectivity index (χ4v) is 3.85. The standard InChI is InChI=1S/C24H36N6O2/c1-6-25-22(30-13-12-19(17-30)20-14-27-29(5)16-20)26-15-21(18-10-8-7-9-11-18)28-23(31)32-24(2,3)4/h7-11,14,16,19,21H,6,12-13,15,17H2,1-5H3,(H,25,26)(H,28,31). The fraction of sp³-hybridized carbons (Fsp3) is 0.542. The molecule has 8 heteroatoms. The molecule has 1 fully saturated rings. The number of aryl methyl sites for hydroxylation is 1. The van der Waals surface area contributed by atoms with Crippen LogP contribution in [-0.4, -0.2) is 58.5 Å². The van der Waals surface area contributed by atoms with Gasteiger partial charge in [-0.2, -0.15) is 5.10 Å². The summed E-state index contributed by atoms with van der Waals surface area (Å²) >= 11 is 0. The molecule has 3 rings (SSSR count). The van der Waals surface area contributed by atoms with Crippen LogP contribution in [0.4, 0.5) is 4.79 Å². The molecule has 2 N–H and O–H groups in total. The Labute approximate surface area is 191 Å². The molecule has 1 aromatic carbocycles. The number of carbonyl (C=O) groups excluding carboxylic acids is 1. The minimum Gasteiger partial charge on any atom is -0.444 e. The zero-order valence-electron chi connectivity index (χ0n) is 19.8. The van der Waals surface area contributed by atoms with Gasteiger partial charge in [0.1, 0.15) is 5.60 Å². The number of likely N-dealkylation sites (tertiary alicyclic amines) is 1. The van der Waals surface area contributed by atoms with E-state index in [-0.39, 0.29) is 6.04 Å². The molecule has 2 atom stereocenters. The maximum Gasteiger partial charge on any atom is 0.408 e. The lowest BCUT2D eigenvalue weighted by Gasteiger charge is -2.25. The van der Waals surface area contributed by atoms with Gasteiger partial charge in [-0.1, -0.05) is 30.3 Å². The number of ether oxygens (including phenoxy) is 1. The topological polar surface area (TPSA) is 83.8 Å². The van der Waals surface area contributed by atoms with Gasteiger partial charge in [-0.05, 0) is 45.2 Å². The first-order chi connectivity index (χ1) is 15.2. The number of hydrogen-bond acceptors (Lipinski definition) is 4. The van der Waals surface area contributed by atoms with Crippen LogP contribution in [0, 0.1) is 0 Å². The quantitative estimate of drug-likeness (QED) is 0.531. The summed E-state index contributed by atoms with van der Waals surface area (Å²) < 4.78 is 7.33. The fourth-order valence-electron chi connectivity index (χ4n) is 3.85. The number of alkyl carbamates (subject to hydrolysis) is 1. The predicted molar refractivity (Wildman–Crippen MR) is 127 cm³/mol. The lowest BCUT2D eigenvalue weighted by molar-refractivity contribution is 0.0505. The van der Waals surface area contributed by atoms with E-state index in [9.17, 15) is 4.79 Å². The highest BCUT2D eigenvalue weighted by Crippen LogP contribution is 2.27. The molecule has 0 aliphatic carbocycles. The molecule has 174 valence electrons. The Hall–Kier alpha value is -3.03. The van der Waals surface area contributed by atoms with Crippen molar-refractivity contribution in [2.24, 2.45) is 12.0 Å². The normalized spacial score (nSPS) is 17.8. The Balaban J connectivity index is 1.72. The molecule has 32 heavy (non-hydrogen) atoms. The van der Waals surface area contributed by atoms with Crippen LogP contribution in [-0.2, 0) is 11.8 Å². The van der Waals surface area contributed by atoms with E-state index in [0.29, 0.717) is 12.5 Å². The van der Waals surface area contributed by atoms with Crippen molar-refractivity contribution in [3.8, 4) is 0 Å². The molecule has 2 aromatic rings. The average molecular weight is 441 g/mol. The summed E-state index contributed by atoms with van der Waals surface area (Å²) in [5.74, 6) is 1.31. The molecule has 1 saturated heterocycles. The van der Waals surface area contributed by atoms with Gasteiger partial charge in [-0.25, -0.2) is 4.79 Å². The predicted octanol–water partition coefficient (Wildman–Crippen LogP) is 3.44. The van der Waals surface area contributed by atoms with E-state index >= 15 is 0 Å². The van der Waals surface area contributed by atoms with Gasteiger partial charge in [0.05, 0.1) is 18.8 Å². The first-order valence-corrected chi connectivity index (χ1v) is 11.3. The third-order valence-electron chi connectivity index (χ3n) is 5.34. The number of guanidine groups is 1. The number of benzene rings is 1. The van der Waals surface area contributed by atoms with Gasteiger partial charge in [0, 0.05) is 38.8 Å². The van der Waals surface area contributed by atoms with Crippen molar-refractivity contribution in [3.63, 3.8) is 0 Å². The van der Waals surface area contributed by atoms with E-state index < -0.39 is 11.7 Å². The van der Waals surface area contributed by atoms with E-state index in [4.69, 9.17) is 9.73 Å². The summed E-state index contributed by atoms with van der Waals surface area (Å²) in [6.07, 6.45) is 4.67. The van der Waals surface area contributed by atoms with Crippen molar-refractivity contribution in [1.82, 2.24) is 25.3 Å². The van der Waals surface area contributed by atoms with Crippen LogP contribution in [0.5, 0.6) is 0 Å². The number of hydrogen-bond donors (Lipinski definition) is 2. The largest absolute Gasteiger partial charge is 0.444 e. The van der Waals surface area contributed by atoms with E-state index in [2.05, 4.69) is 33.8 Å². The van der Waals surface area contributed by atoms with Crippen LogP contribution in [0.2, 0.25) is 0 Å². The Morgan fingerprint density at radius 3 is 2.69 bits per heavy atom. The van der Waals surface area contributed by atoms with Gasteiger partial charge in [-0.3, -0.25) is 9.67 Å². The van der Waals surface area contributed by atoms with Gasteiger partial charge < -0.3 is 20.3 Å². The Kier molecular flexibility index (Phi) is 7.77. The van der Waals surface area contributed by atoms with Gasteiger partial charge in [0.15, 0.2) is 5.96 Å². The molecular weight excluding hydrogens is 404 g/mol. The van der Waals surface area contributed by atoms with Crippen LogP contribution in [0.3, 0.4) is 0 Å². The second-order valence-electron chi connectivity index (χ2n) is 9.18. The SMILES string of the molecule is CCNC(=NCC(NC(=O)OC(C)(C)C)c1ccccc1)N1CCC(c2cnn(C)c2)C1. The zero-order chi connectivity index (χ0) is 23.1. The van der Waals surface area contributed by atoms with E-state index in [1.807, 2.05) is 69.0 Å². The van der Waals surface area contributed by atoms with Crippen molar-refractivity contribution in [3.05, 3.63) is 53.9 Å². The van der Waals surface area contributed by atoms with Crippen LogP contribution in [0.25, 0.3) is 0 Å². The summed E-state index contributed by atoms with van der Waals surface area (Å²) in [6.45, 7) is 10.7. The Morgan fingerprint density at radius 1 is 1.31 bits per heavy atom. The Bertz CT molecular complexity index is 903. The number of nitrogens with zero attached hydrogens (tertiary/aromatic N) is 4. The van der Waals surface area contributed by atoms with Crippen LogP contribution < -0.4 is 10.6 Å². The average Bonchev–Trinajstić information content (AvgIpc) is 3.38. The third-order valence-corrected chi connectivity index (χ3v) is 5.34. The van der Waals surface area contributed by atoms with Crippen molar-refractivity contribution in [2.75, 3.05) is 26.2 Å². The summed E-state index contributed by atoms with van der Waals surface area (Å²) in [5.41, 5.74) is 1.70. The highest BCUT2D eigenvalue weighted by atomic mass is 16.6. The zero-order valence-corrected chi connectivity index (χ0v) is 19.8. The molecule has 1 aliphatic rings. The van der Waals surface area contributed by atoms with Gasteiger partial charge >= 0.3 is 6.09 Å².